The average molecular weight is 673 g/mol. The number of amides is 1. The number of hydrogen-bond acceptors (Lipinski definition) is 8. The lowest BCUT2D eigenvalue weighted by Gasteiger charge is -2.57. The van der Waals surface area contributed by atoms with Crippen LogP contribution >= 0.6 is 11.3 Å². The van der Waals surface area contributed by atoms with E-state index in [-0.39, 0.29) is 11.4 Å². The smallest absolute Gasteiger partial charge is 0.329 e. The predicted octanol–water partition coefficient (Wildman–Crippen LogP) is 7.06. The highest BCUT2D eigenvalue weighted by molar-refractivity contribution is 7.22. The summed E-state index contributed by atoms with van der Waals surface area (Å²) >= 11 is 1.45. The Morgan fingerprint density at radius 1 is 1.00 bits per heavy atom. The molecule has 4 bridgehead atoms. The predicted molar refractivity (Wildman–Crippen MR) is 192 cm³/mol. The molecule has 4 aliphatic carbocycles. The lowest BCUT2D eigenvalue weighted by Crippen LogP contribution is -2.55. The molecule has 1 amide bonds. The number of carbonyl (C=O) groups is 2. The quantitative estimate of drug-likeness (QED) is 0.201. The number of nitrogens with zero attached hydrogens (tertiary/aromatic N) is 4. The maximum absolute atomic E-state index is 13.6. The lowest BCUT2D eigenvalue weighted by atomic mass is 9.53. The van der Waals surface area contributed by atoms with Gasteiger partial charge in [0.25, 0.3) is 5.91 Å². The van der Waals surface area contributed by atoms with Gasteiger partial charge in [-0.1, -0.05) is 41.7 Å². The molecule has 4 aromatic rings. The van der Waals surface area contributed by atoms with Gasteiger partial charge in [0.05, 0.1) is 10.2 Å². The Hall–Kier alpha value is -4.57. The Kier molecular flexibility index (Phi) is 7.16. The highest BCUT2D eigenvalue weighted by atomic mass is 32.1. The number of pyridine rings is 1. The summed E-state index contributed by atoms with van der Waals surface area (Å²) in [5.74, 6) is 2.73. The van der Waals surface area contributed by atoms with Gasteiger partial charge in [0, 0.05) is 35.8 Å². The third-order valence-electron chi connectivity index (χ3n) is 11.8. The van der Waals surface area contributed by atoms with Gasteiger partial charge in [-0.3, -0.25) is 15.1 Å². The van der Waals surface area contributed by atoms with Crippen molar-refractivity contribution in [1.29, 1.82) is 0 Å². The van der Waals surface area contributed by atoms with Crippen molar-refractivity contribution in [1.82, 2.24) is 14.9 Å². The second-order valence-electron chi connectivity index (χ2n) is 15.2. The molecule has 4 saturated carbocycles. The summed E-state index contributed by atoms with van der Waals surface area (Å²) in [6.07, 6.45) is 14.2. The fraction of sp³-hybridized carbons (Fsp3) is 0.410. The van der Waals surface area contributed by atoms with Crippen LogP contribution in [0.2, 0.25) is 0 Å². The number of benzene rings is 2. The van der Waals surface area contributed by atoms with Gasteiger partial charge >= 0.3 is 5.97 Å². The minimum absolute atomic E-state index is 0.107. The molecule has 2 aromatic carbocycles. The highest BCUT2D eigenvalue weighted by Crippen LogP contribution is 2.56. The fourth-order valence-electron chi connectivity index (χ4n) is 9.85. The molecule has 2 aliphatic heterocycles. The molecule has 0 radical (unpaired) electrons. The topological polar surface area (TPSA) is 120 Å². The molecule has 9 nitrogen and oxygen atoms in total. The second kappa shape index (κ2) is 11.5. The van der Waals surface area contributed by atoms with Crippen molar-refractivity contribution < 1.29 is 14.7 Å². The highest BCUT2D eigenvalue weighted by Gasteiger charge is 2.51. The molecule has 2 aromatic heterocycles. The third-order valence-corrected chi connectivity index (χ3v) is 12.8. The number of carboxylic acid groups (broad SMARTS) is 1. The summed E-state index contributed by atoms with van der Waals surface area (Å²) < 4.78 is 1.02. The molecule has 0 spiro atoms. The first-order valence-electron chi connectivity index (χ1n) is 17.5. The molecular formula is C39H40N6O3S. The number of para-hydroxylation sites is 1. The standard InChI is InChI=1S/C39H40N6O3S/c1-38(27-10-13-40-32(18-27)44-39-19-23-15-24(20-39)17-25(16-23)21-39)12-9-33(42-34(38)36(47)48)45-14-11-26-5-4-6-28(29(26)22-45)35(46)43-37-41-30-7-2-3-8-31(30)49-37/h2-10,12-13,18,23-25,34H,11,14-17,19-22H2,1H3,(H,40,44)(H,47,48)(H,41,43,46). The molecular weight excluding hydrogens is 633 g/mol. The van der Waals surface area contributed by atoms with Crippen LogP contribution in [0.5, 0.6) is 0 Å². The van der Waals surface area contributed by atoms with Crippen molar-refractivity contribution in [2.24, 2.45) is 22.7 Å². The minimum atomic E-state index is -1.01. The van der Waals surface area contributed by atoms with Crippen LogP contribution < -0.4 is 10.6 Å². The summed E-state index contributed by atoms with van der Waals surface area (Å²) in [5.41, 5.74) is 3.63. The van der Waals surface area contributed by atoms with Gasteiger partial charge in [0.15, 0.2) is 11.2 Å². The van der Waals surface area contributed by atoms with E-state index in [1.807, 2.05) is 67.6 Å². The van der Waals surface area contributed by atoms with E-state index in [1.54, 1.807) is 6.20 Å². The van der Waals surface area contributed by atoms with Crippen LogP contribution in [-0.4, -0.2) is 55.8 Å². The first-order chi connectivity index (χ1) is 23.7. The van der Waals surface area contributed by atoms with Crippen molar-refractivity contribution in [2.45, 2.75) is 75.4 Å². The number of aliphatic imine (C=N–C) groups is 1. The average Bonchev–Trinajstić information content (AvgIpc) is 3.49. The molecule has 6 aliphatic rings. The molecule has 10 rings (SSSR count). The monoisotopic (exact) mass is 672 g/mol. The molecule has 2 atom stereocenters. The van der Waals surface area contributed by atoms with E-state index in [4.69, 9.17) is 9.98 Å². The number of fused-ring (bicyclic) bond motifs is 2. The Morgan fingerprint density at radius 2 is 1.78 bits per heavy atom. The zero-order valence-electron chi connectivity index (χ0n) is 27.6. The molecule has 3 N–H and O–H groups in total. The number of rotatable bonds is 6. The molecule has 4 fully saturated rings. The van der Waals surface area contributed by atoms with Gasteiger partial charge in [0.1, 0.15) is 11.7 Å². The number of amidine groups is 1. The molecule has 49 heavy (non-hydrogen) atoms. The van der Waals surface area contributed by atoms with Crippen molar-refractivity contribution in [3.05, 3.63) is 95.2 Å². The first-order valence-corrected chi connectivity index (χ1v) is 18.3. The maximum atomic E-state index is 13.6. The molecule has 250 valence electrons. The Morgan fingerprint density at radius 3 is 2.53 bits per heavy atom. The number of nitrogens with one attached hydrogen (secondary N) is 2. The summed E-state index contributed by atoms with van der Waals surface area (Å²) in [4.78, 5) is 42.7. The fourth-order valence-corrected chi connectivity index (χ4v) is 10.7. The minimum Gasteiger partial charge on any atom is -0.480 e. The van der Waals surface area contributed by atoms with Crippen molar-refractivity contribution in [3.8, 4) is 0 Å². The Bertz CT molecular complexity index is 1980. The van der Waals surface area contributed by atoms with Crippen LogP contribution in [0.15, 0.2) is 77.9 Å². The van der Waals surface area contributed by atoms with Gasteiger partial charge in [-0.2, -0.15) is 0 Å². The number of aromatic nitrogens is 2. The number of aliphatic carboxylic acids is 1. The summed E-state index contributed by atoms with van der Waals surface area (Å²) in [7, 11) is 0. The van der Waals surface area contributed by atoms with Crippen LogP contribution in [-0.2, 0) is 23.2 Å². The molecule has 2 unspecified atom stereocenters. The van der Waals surface area contributed by atoms with E-state index < -0.39 is 17.4 Å². The van der Waals surface area contributed by atoms with Crippen LogP contribution in [0.4, 0.5) is 10.9 Å². The Labute approximate surface area is 289 Å². The van der Waals surface area contributed by atoms with Crippen molar-refractivity contribution in [2.75, 3.05) is 17.2 Å². The van der Waals surface area contributed by atoms with Gasteiger partial charge in [-0.25, -0.2) is 14.8 Å². The van der Waals surface area contributed by atoms with Crippen LogP contribution in [0.3, 0.4) is 0 Å². The first kappa shape index (κ1) is 30.5. The molecule has 4 heterocycles. The van der Waals surface area contributed by atoms with E-state index >= 15 is 0 Å². The van der Waals surface area contributed by atoms with E-state index in [0.29, 0.717) is 29.6 Å². The van der Waals surface area contributed by atoms with Gasteiger partial charge in [-0.05, 0) is 123 Å². The SMILES string of the molecule is CC1(c2ccnc(NC34CC5CC(CC(C5)C3)C4)c2)C=CC(N2CCc3cccc(C(=O)Nc4nc5ccccc5s4)c3C2)=NC1C(=O)O. The van der Waals surface area contributed by atoms with Crippen molar-refractivity contribution >= 4 is 50.2 Å². The normalized spacial score (nSPS) is 29.8. The van der Waals surface area contributed by atoms with Gasteiger partial charge in [-0.15, -0.1) is 0 Å². The summed E-state index contributed by atoms with van der Waals surface area (Å²) in [5, 5.41) is 18.0. The van der Waals surface area contributed by atoms with E-state index in [1.165, 1.54) is 49.9 Å². The number of dihydropyridines is 1. The number of hydrogen-bond donors (Lipinski definition) is 3. The van der Waals surface area contributed by atoms with E-state index in [2.05, 4.69) is 26.6 Å². The summed E-state index contributed by atoms with van der Waals surface area (Å²) in [6, 6.07) is 16.6. The number of carbonyl (C=O) groups excluding carboxylic acids is 1. The van der Waals surface area contributed by atoms with Crippen LogP contribution in [0.25, 0.3) is 10.2 Å². The van der Waals surface area contributed by atoms with Gasteiger partial charge < -0.3 is 15.3 Å². The summed E-state index contributed by atoms with van der Waals surface area (Å²) in [6.45, 7) is 3.10. The second-order valence-corrected chi connectivity index (χ2v) is 16.2. The lowest BCUT2D eigenvalue weighted by molar-refractivity contribution is -0.139. The van der Waals surface area contributed by atoms with Crippen molar-refractivity contribution in [3.63, 3.8) is 0 Å². The number of carboxylic acids is 1. The third kappa shape index (κ3) is 5.41. The van der Waals surface area contributed by atoms with E-state index in [9.17, 15) is 14.7 Å². The van der Waals surface area contributed by atoms with Crippen LogP contribution in [0.1, 0.15) is 72.5 Å². The Balaban J connectivity index is 0.952. The molecule has 10 heteroatoms. The maximum Gasteiger partial charge on any atom is 0.329 e. The largest absolute Gasteiger partial charge is 0.480 e. The van der Waals surface area contributed by atoms with E-state index in [0.717, 1.165) is 56.9 Å². The van der Waals surface area contributed by atoms with Crippen LogP contribution in [0, 0.1) is 17.8 Å². The number of anilines is 2. The zero-order chi connectivity index (χ0) is 33.3. The molecule has 0 saturated heterocycles. The number of thiazole rings is 1. The van der Waals surface area contributed by atoms with Gasteiger partial charge in [0.2, 0.25) is 0 Å². The zero-order valence-corrected chi connectivity index (χ0v) is 28.4.